The molecule has 24 heavy (non-hydrogen) atoms. The van der Waals surface area contributed by atoms with Gasteiger partial charge in [-0.1, -0.05) is 0 Å². The predicted octanol–water partition coefficient (Wildman–Crippen LogP) is -0.354. The molecule has 1 aromatic rings. The van der Waals surface area contributed by atoms with Crippen LogP contribution in [-0.4, -0.2) is 43.6 Å². The van der Waals surface area contributed by atoms with Crippen LogP contribution >= 0.6 is 0 Å². The van der Waals surface area contributed by atoms with Crippen molar-refractivity contribution in [1.29, 1.82) is 0 Å². The molecule has 2 heterocycles. The molecule has 2 fully saturated rings. The summed E-state index contributed by atoms with van der Waals surface area (Å²) in [5.41, 5.74) is 9.33. The number of hydrogen-bond donors (Lipinski definition) is 4. The van der Waals surface area contributed by atoms with E-state index in [9.17, 15) is 4.79 Å². The lowest BCUT2D eigenvalue weighted by atomic mass is 9.92. The largest absolute Gasteiger partial charge is 0.456 e. The smallest absolute Gasteiger partial charge is 0.326 e. The van der Waals surface area contributed by atoms with E-state index in [0.29, 0.717) is 12.4 Å². The number of hydrogen-bond acceptors (Lipinski definition) is 7. The molecule has 1 aromatic carbocycles. The molecule has 8 nitrogen and oxygen atoms in total. The number of nitrogens with two attached hydrogens (primary N) is 2. The van der Waals surface area contributed by atoms with Crippen LogP contribution in [0.25, 0.3) is 0 Å². The number of hydrazone groups is 1. The Labute approximate surface area is 141 Å². The van der Waals surface area contributed by atoms with E-state index >= 15 is 0 Å². The molecule has 0 saturated carbocycles. The van der Waals surface area contributed by atoms with Crippen LogP contribution in [0.4, 0.5) is 5.69 Å². The van der Waals surface area contributed by atoms with Crippen LogP contribution < -0.4 is 27.3 Å². The van der Waals surface area contributed by atoms with Gasteiger partial charge in [-0.2, -0.15) is 0 Å². The molecule has 0 aliphatic carbocycles. The lowest BCUT2D eigenvalue weighted by Gasteiger charge is -2.42. The average molecular weight is 332 g/mol. The second-order valence-corrected chi connectivity index (χ2v) is 6.29. The number of nitrogens with one attached hydrogen (secondary N) is 2. The van der Waals surface area contributed by atoms with E-state index in [4.69, 9.17) is 16.3 Å². The maximum Gasteiger partial charge on any atom is 0.326 e. The molecule has 0 radical (unpaired) electrons. The van der Waals surface area contributed by atoms with E-state index < -0.39 is 0 Å². The van der Waals surface area contributed by atoms with Gasteiger partial charge in [-0.25, -0.2) is 11.4 Å². The van der Waals surface area contributed by atoms with Gasteiger partial charge >= 0.3 is 5.97 Å². The fourth-order valence-electron chi connectivity index (χ4n) is 3.39. The first-order valence-electron chi connectivity index (χ1n) is 8.19. The lowest BCUT2D eigenvalue weighted by molar-refractivity contribution is -0.163. The molecule has 1 unspecified atom stereocenters. The summed E-state index contributed by atoms with van der Waals surface area (Å²) >= 11 is 0. The van der Waals surface area contributed by atoms with Gasteiger partial charge in [-0.15, -0.1) is 5.10 Å². The minimum absolute atomic E-state index is 0.166. The molecule has 0 aromatic heterocycles. The molecule has 0 bridgehead atoms. The number of anilines is 1. The molecule has 1 atom stereocenters. The highest BCUT2D eigenvalue weighted by Gasteiger charge is 2.41. The van der Waals surface area contributed by atoms with E-state index in [1.807, 2.05) is 24.3 Å². The molecular weight excluding hydrogens is 308 g/mol. The van der Waals surface area contributed by atoms with Gasteiger partial charge in [0.25, 0.3) is 0 Å². The fourth-order valence-corrected chi connectivity index (χ4v) is 3.39. The van der Waals surface area contributed by atoms with E-state index in [1.54, 1.807) is 0 Å². The van der Waals surface area contributed by atoms with Crippen molar-refractivity contribution in [3.05, 3.63) is 29.8 Å². The number of carbonyl (C=O) groups is 1. The number of esters is 1. The number of nitrogens with zero attached hydrogens (tertiary/aromatic N) is 2. The third-order valence-corrected chi connectivity index (χ3v) is 4.59. The van der Waals surface area contributed by atoms with Crippen molar-refractivity contribution in [1.82, 2.24) is 10.9 Å². The summed E-state index contributed by atoms with van der Waals surface area (Å²) < 4.78 is 5.76. The van der Waals surface area contributed by atoms with Gasteiger partial charge in [0.05, 0.1) is 6.54 Å². The first kappa shape index (κ1) is 16.5. The monoisotopic (exact) mass is 332 g/mol. The number of amidine groups is 1. The van der Waals surface area contributed by atoms with Crippen molar-refractivity contribution in [3.63, 3.8) is 0 Å². The van der Waals surface area contributed by atoms with Gasteiger partial charge in [-0.3, -0.25) is 4.79 Å². The third kappa shape index (κ3) is 3.60. The average Bonchev–Trinajstić information content (AvgIpc) is 2.80. The van der Waals surface area contributed by atoms with E-state index in [2.05, 4.69) is 20.9 Å². The Morgan fingerprint density at radius 2 is 2.08 bits per heavy atom. The maximum absolute atomic E-state index is 12.1. The van der Waals surface area contributed by atoms with Crippen LogP contribution in [0.3, 0.4) is 0 Å². The van der Waals surface area contributed by atoms with Crippen LogP contribution in [0.1, 0.15) is 24.8 Å². The van der Waals surface area contributed by atoms with E-state index in [1.165, 1.54) is 0 Å². The van der Waals surface area contributed by atoms with Crippen molar-refractivity contribution in [2.75, 3.05) is 31.1 Å². The summed E-state index contributed by atoms with van der Waals surface area (Å²) in [5.74, 6) is 5.29. The quantitative estimate of drug-likeness (QED) is 0.196. The number of hydrazine groups is 1. The van der Waals surface area contributed by atoms with Gasteiger partial charge in [0, 0.05) is 17.7 Å². The zero-order chi connectivity index (χ0) is 17.0. The van der Waals surface area contributed by atoms with Gasteiger partial charge in [0.1, 0.15) is 12.1 Å². The number of benzene rings is 1. The van der Waals surface area contributed by atoms with Crippen LogP contribution in [0.5, 0.6) is 0 Å². The van der Waals surface area contributed by atoms with Gasteiger partial charge in [0.15, 0.2) is 5.84 Å². The standard InChI is InChI=1S/C16H24N6O2/c17-15(20-21-18)12-2-4-13(5-3-12)22-10-14(23)24-16(11-22)6-1-8-19-9-7-16/h2-5,19,21H,1,6-11,18H2,(H2,17,20). The Kier molecular flexibility index (Phi) is 4.86. The summed E-state index contributed by atoms with van der Waals surface area (Å²) in [6, 6.07) is 7.62. The van der Waals surface area contributed by atoms with Crippen molar-refractivity contribution in [2.24, 2.45) is 16.7 Å². The van der Waals surface area contributed by atoms with Crippen LogP contribution in [0, 0.1) is 0 Å². The summed E-state index contributed by atoms with van der Waals surface area (Å²) in [5, 5.41) is 7.12. The van der Waals surface area contributed by atoms with Crippen molar-refractivity contribution in [2.45, 2.75) is 24.9 Å². The summed E-state index contributed by atoms with van der Waals surface area (Å²) in [4.78, 5) is 14.2. The molecule has 0 amide bonds. The van der Waals surface area contributed by atoms with Crippen molar-refractivity contribution < 1.29 is 9.53 Å². The molecule has 1 spiro atoms. The Bertz CT molecular complexity index is 607. The first-order chi connectivity index (χ1) is 11.6. The highest BCUT2D eigenvalue weighted by molar-refractivity contribution is 5.97. The minimum Gasteiger partial charge on any atom is -0.456 e. The van der Waals surface area contributed by atoms with Gasteiger partial charge < -0.3 is 20.7 Å². The van der Waals surface area contributed by atoms with Crippen LogP contribution in [-0.2, 0) is 9.53 Å². The number of rotatable bonds is 3. The SMILES string of the molecule is NN/N=C(\N)c1ccc(N2CC(=O)OC3(CCCNCC3)C2)cc1. The summed E-state index contributed by atoms with van der Waals surface area (Å²) in [6.07, 6.45) is 2.75. The summed E-state index contributed by atoms with van der Waals surface area (Å²) in [7, 11) is 0. The van der Waals surface area contributed by atoms with Crippen molar-refractivity contribution in [3.8, 4) is 0 Å². The molecule has 2 aliphatic rings. The molecule has 6 N–H and O–H groups in total. The van der Waals surface area contributed by atoms with E-state index in [-0.39, 0.29) is 18.1 Å². The summed E-state index contributed by atoms with van der Waals surface area (Å²) in [6.45, 7) is 2.83. The van der Waals surface area contributed by atoms with Gasteiger partial charge in [-0.05, 0) is 50.2 Å². The number of ether oxygens (including phenoxy) is 1. The first-order valence-corrected chi connectivity index (χ1v) is 8.19. The zero-order valence-corrected chi connectivity index (χ0v) is 13.6. The number of morpholine rings is 1. The molecule has 130 valence electrons. The zero-order valence-electron chi connectivity index (χ0n) is 13.6. The lowest BCUT2D eigenvalue weighted by Crippen LogP contribution is -2.54. The number of carbonyl (C=O) groups excluding carboxylic acids is 1. The van der Waals surface area contributed by atoms with Crippen LogP contribution in [0.15, 0.2) is 29.4 Å². The molecule has 8 heteroatoms. The Morgan fingerprint density at radius 1 is 1.29 bits per heavy atom. The predicted molar refractivity (Wildman–Crippen MR) is 92.2 cm³/mol. The molecule has 3 rings (SSSR count). The Balaban J connectivity index is 1.78. The fraction of sp³-hybridized carbons (Fsp3) is 0.500. The Hall–Kier alpha value is -2.32. The van der Waals surface area contributed by atoms with Gasteiger partial charge in [0.2, 0.25) is 0 Å². The second kappa shape index (κ2) is 7.06. The van der Waals surface area contributed by atoms with E-state index in [0.717, 1.165) is 43.6 Å². The molecule has 2 aliphatic heterocycles. The third-order valence-electron chi connectivity index (χ3n) is 4.59. The molecular formula is C16H24N6O2. The molecule has 2 saturated heterocycles. The second-order valence-electron chi connectivity index (χ2n) is 6.29. The Morgan fingerprint density at radius 3 is 2.83 bits per heavy atom. The normalized spacial score (nSPS) is 25.3. The highest BCUT2D eigenvalue weighted by atomic mass is 16.6. The maximum atomic E-state index is 12.1. The minimum atomic E-state index is -0.387. The van der Waals surface area contributed by atoms with Crippen LogP contribution in [0.2, 0.25) is 0 Å². The highest BCUT2D eigenvalue weighted by Crippen LogP contribution is 2.31. The van der Waals surface area contributed by atoms with Crippen molar-refractivity contribution >= 4 is 17.5 Å². The topological polar surface area (TPSA) is 118 Å².